The molecule has 0 radical (unpaired) electrons. The van der Waals surface area contributed by atoms with Crippen LogP contribution in [0.15, 0.2) is 0 Å². The zero-order chi connectivity index (χ0) is 11.6. The van der Waals surface area contributed by atoms with Crippen molar-refractivity contribution >= 4 is 0 Å². The maximum absolute atomic E-state index is 9.91. The third-order valence-electron chi connectivity index (χ3n) is 3.04. The first-order valence-corrected chi connectivity index (χ1v) is 5.42. The van der Waals surface area contributed by atoms with Gasteiger partial charge in [-0.25, -0.2) is 0 Å². The standard InChI is InChI=1S/C11H22O4/c1-6(2)9-11(14-5)10(13-4)8(12)7(3)15-9/h6-12H,1-5H3. The van der Waals surface area contributed by atoms with Gasteiger partial charge < -0.3 is 19.3 Å². The summed E-state index contributed by atoms with van der Waals surface area (Å²) in [7, 11) is 3.22. The van der Waals surface area contributed by atoms with Crippen LogP contribution >= 0.6 is 0 Å². The van der Waals surface area contributed by atoms with Gasteiger partial charge in [0.2, 0.25) is 0 Å². The number of rotatable bonds is 3. The van der Waals surface area contributed by atoms with Gasteiger partial charge in [0.25, 0.3) is 0 Å². The summed E-state index contributed by atoms with van der Waals surface area (Å²) in [6.07, 6.45) is -1.39. The molecule has 4 nitrogen and oxygen atoms in total. The molecule has 1 fully saturated rings. The van der Waals surface area contributed by atoms with E-state index in [0.717, 1.165) is 0 Å². The Balaban J connectivity index is 2.83. The first-order chi connectivity index (χ1) is 7.02. The van der Waals surface area contributed by atoms with E-state index in [1.807, 2.05) is 6.92 Å². The van der Waals surface area contributed by atoms with Gasteiger partial charge in [0.15, 0.2) is 0 Å². The topological polar surface area (TPSA) is 47.9 Å². The molecule has 5 unspecified atom stereocenters. The molecule has 1 rings (SSSR count). The van der Waals surface area contributed by atoms with E-state index >= 15 is 0 Å². The first-order valence-electron chi connectivity index (χ1n) is 5.42. The summed E-state index contributed by atoms with van der Waals surface area (Å²) in [5.41, 5.74) is 0. The van der Waals surface area contributed by atoms with E-state index in [1.165, 1.54) is 0 Å². The number of aliphatic hydroxyl groups is 1. The summed E-state index contributed by atoms with van der Waals surface area (Å²) >= 11 is 0. The molecule has 0 aliphatic carbocycles. The second kappa shape index (κ2) is 5.25. The lowest BCUT2D eigenvalue weighted by Gasteiger charge is -2.44. The Hall–Kier alpha value is -0.160. The summed E-state index contributed by atoms with van der Waals surface area (Å²) < 4.78 is 16.4. The van der Waals surface area contributed by atoms with Crippen molar-refractivity contribution in [3.8, 4) is 0 Å². The Kier molecular flexibility index (Phi) is 4.52. The Morgan fingerprint density at radius 3 is 2.07 bits per heavy atom. The maximum Gasteiger partial charge on any atom is 0.114 e. The van der Waals surface area contributed by atoms with E-state index in [1.54, 1.807) is 14.2 Å². The van der Waals surface area contributed by atoms with Crippen molar-refractivity contribution in [2.45, 2.75) is 51.3 Å². The molecule has 1 N–H and O–H groups in total. The fraction of sp³-hybridized carbons (Fsp3) is 1.00. The molecule has 15 heavy (non-hydrogen) atoms. The molecule has 0 bridgehead atoms. The zero-order valence-corrected chi connectivity index (χ0v) is 10.1. The SMILES string of the molecule is COC1C(O)C(C)OC(C(C)C)C1OC. The summed E-state index contributed by atoms with van der Waals surface area (Å²) in [5, 5.41) is 9.91. The molecule has 1 aliphatic rings. The van der Waals surface area contributed by atoms with Crippen LogP contribution in [0.2, 0.25) is 0 Å². The molecule has 0 aromatic rings. The molecule has 4 heteroatoms. The number of aliphatic hydroxyl groups excluding tert-OH is 1. The van der Waals surface area contributed by atoms with Gasteiger partial charge in [-0.2, -0.15) is 0 Å². The molecule has 90 valence electrons. The van der Waals surface area contributed by atoms with Gasteiger partial charge in [-0.3, -0.25) is 0 Å². The molecular formula is C11H22O4. The quantitative estimate of drug-likeness (QED) is 0.762. The predicted molar refractivity (Wildman–Crippen MR) is 56.8 cm³/mol. The molecule has 0 aromatic carbocycles. The third kappa shape index (κ3) is 2.50. The van der Waals surface area contributed by atoms with E-state index in [4.69, 9.17) is 14.2 Å². The highest BCUT2D eigenvalue weighted by atomic mass is 16.6. The number of ether oxygens (including phenoxy) is 3. The van der Waals surface area contributed by atoms with E-state index in [9.17, 15) is 5.11 Å². The van der Waals surface area contributed by atoms with Crippen LogP contribution < -0.4 is 0 Å². The zero-order valence-electron chi connectivity index (χ0n) is 10.1. The number of methoxy groups -OCH3 is 2. The highest BCUT2D eigenvalue weighted by Crippen LogP contribution is 2.28. The van der Waals surface area contributed by atoms with Crippen LogP contribution in [-0.2, 0) is 14.2 Å². The monoisotopic (exact) mass is 218 g/mol. The van der Waals surface area contributed by atoms with Crippen LogP contribution in [0.3, 0.4) is 0 Å². The second-order valence-corrected chi connectivity index (χ2v) is 4.44. The average molecular weight is 218 g/mol. The van der Waals surface area contributed by atoms with E-state index in [2.05, 4.69) is 13.8 Å². The van der Waals surface area contributed by atoms with Crippen molar-refractivity contribution in [2.24, 2.45) is 5.92 Å². The van der Waals surface area contributed by atoms with E-state index < -0.39 is 6.10 Å². The summed E-state index contributed by atoms with van der Waals surface area (Å²) in [6, 6.07) is 0. The smallest absolute Gasteiger partial charge is 0.114 e. The largest absolute Gasteiger partial charge is 0.388 e. The molecule has 0 amide bonds. The van der Waals surface area contributed by atoms with Gasteiger partial charge in [-0.15, -0.1) is 0 Å². The van der Waals surface area contributed by atoms with Crippen LogP contribution in [0.5, 0.6) is 0 Å². The highest BCUT2D eigenvalue weighted by Gasteiger charge is 2.45. The highest BCUT2D eigenvalue weighted by molar-refractivity contribution is 4.93. The van der Waals surface area contributed by atoms with Gasteiger partial charge in [0.05, 0.1) is 12.2 Å². The summed E-state index contributed by atoms with van der Waals surface area (Å²) in [4.78, 5) is 0. The van der Waals surface area contributed by atoms with Gasteiger partial charge in [-0.05, 0) is 12.8 Å². The van der Waals surface area contributed by atoms with Crippen molar-refractivity contribution in [1.29, 1.82) is 0 Å². The van der Waals surface area contributed by atoms with Crippen LogP contribution in [-0.4, -0.2) is 49.8 Å². The summed E-state index contributed by atoms with van der Waals surface area (Å²) in [5.74, 6) is 0.336. The van der Waals surface area contributed by atoms with Crippen LogP contribution in [0, 0.1) is 5.92 Å². The van der Waals surface area contributed by atoms with Crippen molar-refractivity contribution in [3.63, 3.8) is 0 Å². The predicted octanol–water partition coefficient (Wildman–Crippen LogP) is 0.821. The first kappa shape index (κ1) is 12.9. The fourth-order valence-electron chi connectivity index (χ4n) is 2.13. The van der Waals surface area contributed by atoms with Crippen molar-refractivity contribution < 1.29 is 19.3 Å². The van der Waals surface area contributed by atoms with Crippen LogP contribution in [0.1, 0.15) is 20.8 Å². The van der Waals surface area contributed by atoms with E-state index in [-0.39, 0.29) is 24.4 Å². The number of hydrogen-bond donors (Lipinski definition) is 1. The minimum absolute atomic E-state index is 0.0293. The van der Waals surface area contributed by atoms with Crippen molar-refractivity contribution in [1.82, 2.24) is 0 Å². The molecule has 0 saturated carbocycles. The third-order valence-corrected chi connectivity index (χ3v) is 3.04. The lowest BCUT2D eigenvalue weighted by atomic mass is 9.89. The van der Waals surface area contributed by atoms with E-state index in [0.29, 0.717) is 5.92 Å². The van der Waals surface area contributed by atoms with Crippen molar-refractivity contribution in [3.05, 3.63) is 0 Å². The van der Waals surface area contributed by atoms with Crippen LogP contribution in [0.4, 0.5) is 0 Å². The molecule has 0 spiro atoms. The number of hydrogen-bond acceptors (Lipinski definition) is 4. The Labute approximate surface area is 91.5 Å². The average Bonchev–Trinajstić information content (AvgIpc) is 2.20. The molecule has 1 aliphatic heterocycles. The van der Waals surface area contributed by atoms with Gasteiger partial charge in [0, 0.05) is 14.2 Å². The maximum atomic E-state index is 9.91. The lowest BCUT2D eigenvalue weighted by Crippen LogP contribution is -2.59. The Morgan fingerprint density at radius 2 is 1.67 bits per heavy atom. The second-order valence-electron chi connectivity index (χ2n) is 4.44. The van der Waals surface area contributed by atoms with Gasteiger partial charge in [0.1, 0.15) is 18.3 Å². The van der Waals surface area contributed by atoms with Gasteiger partial charge in [-0.1, -0.05) is 13.8 Å². The molecule has 5 atom stereocenters. The molecule has 1 saturated heterocycles. The molecule has 1 heterocycles. The lowest BCUT2D eigenvalue weighted by molar-refractivity contribution is -0.240. The Bertz CT molecular complexity index is 193. The molecular weight excluding hydrogens is 196 g/mol. The summed E-state index contributed by atoms with van der Waals surface area (Å²) in [6.45, 7) is 6.01. The minimum atomic E-state index is -0.630. The molecule has 0 aromatic heterocycles. The Morgan fingerprint density at radius 1 is 1.13 bits per heavy atom. The van der Waals surface area contributed by atoms with Crippen LogP contribution in [0.25, 0.3) is 0 Å². The normalized spacial score (nSPS) is 42.2. The minimum Gasteiger partial charge on any atom is -0.388 e. The fourth-order valence-corrected chi connectivity index (χ4v) is 2.13. The van der Waals surface area contributed by atoms with Gasteiger partial charge >= 0.3 is 0 Å². The van der Waals surface area contributed by atoms with Crippen molar-refractivity contribution in [2.75, 3.05) is 14.2 Å².